The summed E-state index contributed by atoms with van der Waals surface area (Å²) in [6, 6.07) is 8.34. The van der Waals surface area contributed by atoms with E-state index in [4.69, 9.17) is 4.99 Å². The molecule has 1 aliphatic heterocycles. The first kappa shape index (κ1) is 18.4. The molecule has 1 N–H and O–H groups in total. The van der Waals surface area contributed by atoms with E-state index in [0.29, 0.717) is 6.54 Å². The molecule has 0 saturated carbocycles. The highest BCUT2D eigenvalue weighted by atomic mass is 19.1. The number of piperidine rings is 1. The van der Waals surface area contributed by atoms with E-state index >= 15 is 0 Å². The Bertz CT molecular complexity index is 714. The van der Waals surface area contributed by atoms with Crippen molar-refractivity contribution >= 4 is 5.96 Å². The van der Waals surface area contributed by atoms with E-state index in [-0.39, 0.29) is 5.82 Å². The maximum atomic E-state index is 13.0. The summed E-state index contributed by atoms with van der Waals surface area (Å²) in [4.78, 5) is 7.15. The van der Waals surface area contributed by atoms with Gasteiger partial charge in [0, 0.05) is 38.8 Å². The molecule has 26 heavy (non-hydrogen) atoms. The molecule has 0 spiro atoms. The smallest absolute Gasteiger partial charge is 0.193 e. The molecule has 1 aromatic carbocycles. The summed E-state index contributed by atoms with van der Waals surface area (Å²) in [5.74, 6) is 1.58. The van der Waals surface area contributed by atoms with Crippen LogP contribution in [0.4, 0.5) is 4.39 Å². The van der Waals surface area contributed by atoms with Crippen molar-refractivity contribution in [3.05, 3.63) is 48.0 Å². The molecule has 0 radical (unpaired) electrons. The lowest BCUT2D eigenvalue weighted by Gasteiger charge is -2.33. The number of hydrogen-bond donors (Lipinski definition) is 1. The van der Waals surface area contributed by atoms with Crippen LogP contribution >= 0.6 is 0 Å². The first-order chi connectivity index (χ1) is 12.7. The minimum absolute atomic E-state index is 0.237. The number of guanidine groups is 1. The molecule has 0 bridgehead atoms. The maximum Gasteiger partial charge on any atom is 0.193 e. The predicted molar refractivity (Wildman–Crippen MR) is 103 cm³/mol. The van der Waals surface area contributed by atoms with Crippen LogP contribution in [0.25, 0.3) is 5.69 Å². The van der Waals surface area contributed by atoms with E-state index in [1.165, 1.54) is 25.0 Å². The number of halogens is 1. The number of hydrogen-bond acceptors (Lipinski definition) is 2. The minimum atomic E-state index is -0.237. The Labute approximate surface area is 154 Å². The Morgan fingerprint density at radius 3 is 2.65 bits per heavy atom. The monoisotopic (exact) mass is 357 g/mol. The van der Waals surface area contributed by atoms with Gasteiger partial charge in [-0.15, -0.1) is 0 Å². The molecule has 1 saturated heterocycles. The zero-order chi connectivity index (χ0) is 18.4. The molecule has 1 fully saturated rings. The fourth-order valence-electron chi connectivity index (χ4n) is 3.16. The second-order valence-electron chi connectivity index (χ2n) is 6.88. The molecule has 0 atom stereocenters. The average Bonchev–Trinajstić information content (AvgIpc) is 3.11. The standard InChI is InChI=1S/C20H28FN5/c1-3-22-20(25-13-9-16(2)10-14-25)23-12-8-18-11-15-26(24-18)19-6-4-17(21)5-7-19/h4-7,11,15-16H,3,8-10,12-14H2,1-2H3,(H,22,23). The van der Waals surface area contributed by atoms with Gasteiger partial charge in [-0.2, -0.15) is 5.10 Å². The predicted octanol–water partition coefficient (Wildman–Crippen LogP) is 3.25. The van der Waals surface area contributed by atoms with Crippen molar-refractivity contribution in [2.45, 2.75) is 33.1 Å². The van der Waals surface area contributed by atoms with Crippen LogP contribution in [0.3, 0.4) is 0 Å². The Balaban J connectivity index is 1.58. The Morgan fingerprint density at radius 1 is 1.23 bits per heavy atom. The van der Waals surface area contributed by atoms with Crippen LogP contribution in [-0.2, 0) is 6.42 Å². The zero-order valence-corrected chi connectivity index (χ0v) is 15.7. The van der Waals surface area contributed by atoms with Crippen LogP contribution in [0, 0.1) is 11.7 Å². The van der Waals surface area contributed by atoms with Gasteiger partial charge in [-0.05, 0) is 56.0 Å². The molecule has 0 aliphatic carbocycles. The van der Waals surface area contributed by atoms with Gasteiger partial charge in [-0.25, -0.2) is 9.07 Å². The summed E-state index contributed by atoms with van der Waals surface area (Å²) < 4.78 is 14.8. The third kappa shape index (κ3) is 4.84. The summed E-state index contributed by atoms with van der Waals surface area (Å²) >= 11 is 0. The molecule has 0 unspecified atom stereocenters. The lowest BCUT2D eigenvalue weighted by Crippen LogP contribution is -2.45. The number of likely N-dealkylation sites (tertiary alicyclic amines) is 1. The van der Waals surface area contributed by atoms with Crippen molar-refractivity contribution in [3.8, 4) is 5.69 Å². The molecule has 3 rings (SSSR count). The summed E-state index contributed by atoms with van der Waals surface area (Å²) in [5.41, 5.74) is 1.85. The summed E-state index contributed by atoms with van der Waals surface area (Å²) in [6.45, 7) is 8.16. The number of rotatable bonds is 5. The van der Waals surface area contributed by atoms with Crippen molar-refractivity contribution in [3.63, 3.8) is 0 Å². The lowest BCUT2D eigenvalue weighted by atomic mass is 10.00. The van der Waals surface area contributed by atoms with Crippen LogP contribution in [0.15, 0.2) is 41.5 Å². The topological polar surface area (TPSA) is 45.5 Å². The minimum Gasteiger partial charge on any atom is -0.357 e. The Morgan fingerprint density at radius 2 is 1.96 bits per heavy atom. The first-order valence-electron chi connectivity index (χ1n) is 9.49. The number of nitrogens with zero attached hydrogens (tertiary/aromatic N) is 4. The number of nitrogens with one attached hydrogen (secondary N) is 1. The fraction of sp³-hybridized carbons (Fsp3) is 0.500. The summed E-state index contributed by atoms with van der Waals surface area (Å²) in [6.07, 6.45) is 5.15. The van der Waals surface area contributed by atoms with Gasteiger partial charge in [-0.3, -0.25) is 4.99 Å². The number of aromatic nitrogens is 2. The molecule has 6 heteroatoms. The molecule has 2 aromatic rings. The van der Waals surface area contributed by atoms with E-state index in [1.807, 2.05) is 12.3 Å². The van der Waals surface area contributed by atoms with E-state index in [0.717, 1.165) is 49.3 Å². The van der Waals surface area contributed by atoms with Gasteiger partial charge >= 0.3 is 0 Å². The maximum absolute atomic E-state index is 13.0. The third-order valence-corrected chi connectivity index (χ3v) is 4.78. The van der Waals surface area contributed by atoms with Crippen molar-refractivity contribution in [1.82, 2.24) is 20.0 Å². The van der Waals surface area contributed by atoms with Crippen LogP contribution in [0.1, 0.15) is 32.4 Å². The van der Waals surface area contributed by atoms with Crippen LogP contribution in [0.5, 0.6) is 0 Å². The van der Waals surface area contributed by atoms with Gasteiger partial charge in [-0.1, -0.05) is 6.92 Å². The molecule has 0 amide bonds. The zero-order valence-electron chi connectivity index (χ0n) is 15.7. The third-order valence-electron chi connectivity index (χ3n) is 4.78. The Hall–Kier alpha value is -2.37. The van der Waals surface area contributed by atoms with Gasteiger partial charge in [0.25, 0.3) is 0 Å². The van der Waals surface area contributed by atoms with E-state index in [2.05, 4.69) is 29.2 Å². The van der Waals surface area contributed by atoms with Gasteiger partial charge in [0.2, 0.25) is 0 Å². The van der Waals surface area contributed by atoms with Crippen LogP contribution in [0.2, 0.25) is 0 Å². The quantitative estimate of drug-likeness (QED) is 0.660. The molecule has 140 valence electrons. The van der Waals surface area contributed by atoms with Gasteiger partial charge in [0.05, 0.1) is 11.4 Å². The van der Waals surface area contributed by atoms with Gasteiger partial charge < -0.3 is 10.2 Å². The highest BCUT2D eigenvalue weighted by Gasteiger charge is 2.18. The second kappa shape index (κ2) is 8.83. The van der Waals surface area contributed by atoms with Crippen molar-refractivity contribution in [2.24, 2.45) is 10.9 Å². The molecular formula is C20H28FN5. The molecule has 1 aromatic heterocycles. The van der Waals surface area contributed by atoms with Gasteiger partial charge in [0.1, 0.15) is 5.82 Å². The van der Waals surface area contributed by atoms with Crippen molar-refractivity contribution in [1.29, 1.82) is 0 Å². The van der Waals surface area contributed by atoms with Gasteiger partial charge in [0.15, 0.2) is 5.96 Å². The highest BCUT2D eigenvalue weighted by Crippen LogP contribution is 2.16. The normalized spacial score (nSPS) is 16.1. The fourth-order valence-corrected chi connectivity index (χ4v) is 3.16. The average molecular weight is 357 g/mol. The van der Waals surface area contributed by atoms with Crippen molar-refractivity contribution in [2.75, 3.05) is 26.2 Å². The largest absolute Gasteiger partial charge is 0.357 e. The molecule has 5 nitrogen and oxygen atoms in total. The number of aliphatic imine (C=N–C) groups is 1. The summed E-state index contributed by atoms with van der Waals surface area (Å²) in [7, 11) is 0. The molecule has 1 aliphatic rings. The van der Waals surface area contributed by atoms with E-state index in [9.17, 15) is 4.39 Å². The Kier molecular flexibility index (Phi) is 6.26. The van der Waals surface area contributed by atoms with E-state index < -0.39 is 0 Å². The van der Waals surface area contributed by atoms with Crippen LogP contribution in [-0.4, -0.2) is 46.8 Å². The highest BCUT2D eigenvalue weighted by molar-refractivity contribution is 5.80. The first-order valence-corrected chi connectivity index (χ1v) is 9.49. The summed E-state index contributed by atoms with van der Waals surface area (Å²) in [5, 5.41) is 7.97. The van der Waals surface area contributed by atoms with Crippen molar-refractivity contribution < 1.29 is 4.39 Å². The van der Waals surface area contributed by atoms with Crippen LogP contribution < -0.4 is 5.32 Å². The lowest BCUT2D eigenvalue weighted by molar-refractivity contribution is 0.273. The molecule has 2 heterocycles. The van der Waals surface area contributed by atoms with E-state index in [1.54, 1.807) is 16.8 Å². The second-order valence-corrected chi connectivity index (χ2v) is 6.88. The number of benzene rings is 1. The molecular weight excluding hydrogens is 329 g/mol. The SMILES string of the molecule is CCNC(=NCCc1ccn(-c2ccc(F)cc2)n1)N1CCC(C)CC1.